The van der Waals surface area contributed by atoms with Crippen LogP contribution in [0.15, 0.2) is 16.6 Å². The van der Waals surface area contributed by atoms with E-state index in [4.69, 9.17) is 4.74 Å². The second-order valence-corrected chi connectivity index (χ2v) is 4.52. The van der Waals surface area contributed by atoms with Crippen LogP contribution in [0.25, 0.3) is 0 Å². The molecule has 0 aliphatic carbocycles. The average molecular weight is 272 g/mol. The van der Waals surface area contributed by atoms with Gasteiger partial charge in [0.05, 0.1) is 12.7 Å². The van der Waals surface area contributed by atoms with Gasteiger partial charge in [0.15, 0.2) is 0 Å². The fourth-order valence-corrected chi connectivity index (χ4v) is 2.26. The molecule has 2 rings (SSSR count). The molecular weight excluding hydrogens is 258 g/mol. The Kier molecular flexibility index (Phi) is 3.29. The second kappa shape index (κ2) is 4.51. The SMILES string of the molecule is Cc1cc(O)cc(C2CNCCO2)c1Br. The van der Waals surface area contributed by atoms with Crippen molar-refractivity contribution in [3.8, 4) is 5.75 Å². The smallest absolute Gasteiger partial charge is 0.116 e. The molecule has 0 radical (unpaired) electrons. The van der Waals surface area contributed by atoms with Gasteiger partial charge in [0, 0.05) is 23.1 Å². The van der Waals surface area contributed by atoms with Crippen molar-refractivity contribution < 1.29 is 9.84 Å². The Bertz CT molecular complexity index is 362. The molecule has 2 N–H and O–H groups in total. The highest BCUT2D eigenvalue weighted by Gasteiger charge is 2.19. The lowest BCUT2D eigenvalue weighted by molar-refractivity contribution is 0.0271. The second-order valence-electron chi connectivity index (χ2n) is 3.73. The van der Waals surface area contributed by atoms with E-state index in [0.717, 1.165) is 28.7 Å². The Morgan fingerprint density at radius 2 is 2.33 bits per heavy atom. The van der Waals surface area contributed by atoms with E-state index in [2.05, 4.69) is 21.2 Å². The molecule has 0 bridgehead atoms. The van der Waals surface area contributed by atoms with Gasteiger partial charge < -0.3 is 15.2 Å². The van der Waals surface area contributed by atoms with E-state index in [0.29, 0.717) is 12.4 Å². The van der Waals surface area contributed by atoms with Crippen LogP contribution in [0.3, 0.4) is 0 Å². The topological polar surface area (TPSA) is 41.5 Å². The third-order valence-corrected chi connectivity index (χ3v) is 3.63. The van der Waals surface area contributed by atoms with Gasteiger partial charge in [0.2, 0.25) is 0 Å². The molecule has 1 saturated heterocycles. The van der Waals surface area contributed by atoms with Crippen LogP contribution in [0.2, 0.25) is 0 Å². The fourth-order valence-electron chi connectivity index (χ4n) is 1.78. The Hall–Kier alpha value is -0.580. The monoisotopic (exact) mass is 271 g/mol. The molecular formula is C11H14BrNO2. The largest absolute Gasteiger partial charge is 0.508 e. The van der Waals surface area contributed by atoms with Gasteiger partial charge >= 0.3 is 0 Å². The van der Waals surface area contributed by atoms with Gasteiger partial charge in [-0.15, -0.1) is 0 Å². The van der Waals surface area contributed by atoms with E-state index in [-0.39, 0.29) is 6.10 Å². The van der Waals surface area contributed by atoms with Gasteiger partial charge in [-0.1, -0.05) is 15.9 Å². The van der Waals surface area contributed by atoms with Gasteiger partial charge in [-0.3, -0.25) is 0 Å². The Labute approximate surface area is 97.6 Å². The number of benzene rings is 1. The van der Waals surface area contributed by atoms with E-state index in [1.54, 1.807) is 12.1 Å². The molecule has 1 aromatic carbocycles. The van der Waals surface area contributed by atoms with Crippen molar-refractivity contribution in [1.29, 1.82) is 0 Å². The zero-order chi connectivity index (χ0) is 10.8. The Morgan fingerprint density at radius 1 is 1.53 bits per heavy atom. The van der Waals surface area contributed by atoms with Gasteiger partial charge in [-0.2, -0.15) is 0 Å². The molecule has 1 aliphatic rings. The van der Waals surface area contributed by atoms with Gasteiger partial charge in [-0.05, 0) is 24.6 Å². The van der Waals surface area contributed by atoms with Crippen molar-refractivity contribution in [3.63, 3.8) is 0 Å². The molecule has 0 amide bonds. The first-order valence-electron chi connectivity index (χ1n) is 5.00. The lowest BCUT2D eigenvalue weighted by Crippen LogP contribution is -2.33. The number of aryl methyl sites for hydroxylation is 1. The molecule has 0 aromatic heterocycles. The predicted molar refractivity (Wildman–Crippen MR) is 62.1 cm³/mol. The summed E-state index contributed by atoms with van der Waals surface area (Å²) in [6.07, 6.45) is 0.0268. The third kappa shape index (κ3) is 2.33. The van der Waals surface area contributed by atoms with Crippen LogP contribution < -0.4 is 5.32 Å². The maximum atomic E-state index is 9.55. The van der Waals surface area contributed by atoms with Crippen LogP contribution in [0.1, 0.15) is 17.2 Å². The molecule has 1 aliphatic heterocycles. The molecule has 4 heteroatoms. The fraction of sp³-hybridized carbons (Fsp3) is 0.455. The molecule has 1 fully saturated rings. The van der Waals surface area contributed by atoms with E-state index >= 15 is 0 Å². The van der Waals surface area contributed by atoms with Crippen LogP contribution in [0, 0.1) is 6.92 Å². The minimum Gasteiger partial charge on any atom is -0.508 e. The summed E-state index contributed by atoms with van der Waals surface area (Å²) in [5.74, 6) is 0.292. The van der Waals surface area contributed by atoms with Crippen molar-refractivity contribution in [2.24, 2.45) is 0 Å². The van der Waals surface area contributed by atoms with Crippen LogP contribution in [0.5, 0.6) is 5.75 Å². The zero-order valence-electron chi connectivity index (χ0n) is 8.59. The molecule has 1 unspecified atom stereocenters. The maximum absolute atomic E-state index is 9.55. The van der Waals surface area contributed by atoms with E-state index in [1.807, 2.05) is 6.92 Å². The van der Waals surface area contributed by atoms with Gasteiger partial charge in [0.1, 0.15) is 5.75 Å². The molecule has 15 heavy (non-hydrogen) atoms. The van der Waals surface area contributed by atoms with Gasteiger partial charge in [-0.25, -0.2) is 0 Å². The average Bonchev–Trinajstić information content (AvgIpc) is 2.24. The first-order chi connectivity index (χ1) is 7.18. The minimum atomic E-state index is 0.0268. The summed E-state index contributed by atoms with van der Waals surface area (Å²) in [6.45, 7) is 4.36. The molecule has 3 nitrogen and oxygen atoms in total. The summed E-state index contributed by atoms with van der Waals surface area (Å²) >= 11 is 3.53. The number of ether oxygens (including phenoxy) is 1. The first-order valence-corrected chi connectivity index (χ1v) is 5.79. The summed E-state index contributed by atoms with van der Waals surface area (Å²) < 4.78 is 6.67. The number of aromatic hydroxyl groups is 1. The number of rotatable bonds is 1. The highest BCUT2D eigenvalue weighted by molar-refractivity contribution is 9.10. The van der Waals surface area contributed by atoms with Crippen molar-refractivity contribution >= 4 is 15.9 Å². The van der Waals surface area contributed by atoms with Gasteiger partial charge in [0.25, 0.3) is 0 Å². The zero-order valence-corrected chi connectivity index (χ0v) is 10.2. The standard InChI is InChI=1S/C11H14BrNO2/c1-7-4-8(14)5-9(11(7)12)10-6-13-2-3-15-10/h4-5,10,13-14H,2-3,6H2,1H3. The number of phenolic OH excluding ortho intramolecular Hbond substituents is 1. The minimum absolute atomic E-state index is 0.0268. The molecule has 0 saturated carbocycles. The first kappa shape index (κ1) is 10.9. The number of halogens is 1. The number of hydrogen-bond acceptors (Lipinski definition) is 3. The summed E-state index contributed by atoms with van der Waals surface area (Å²) in [5.41, 5.74) is 2.04. The number of phenols is 1. The van der Waals surface area contributed by atoms with Crippen LogP contribution >= 0.6 is 15.9 Å². The van der Waals surface area contributed by atoms with E-state index in [9.17, 15) is 5.11 Å². The molecule has 1 heterocycles. The van der Waals surface area contributed by atoms with Crippen molar-refractivity contribution in [2.75, 3.05) is 19.7 Å². The Morgan fingerprint density at radius 3 is 3.00 bits per heavy atom. The normalized spacial score (nSPS) is 21.6. The lowest BCUT2D eigenvalue weighted by Gasteiger charge is -2.25. The molecule has 1 atom stereocenters. The van der Waals surface area contributed by atoms with Crippen LogP contribution in [0.4, 0.5) is 0 Å². The lowest BCUT2D eigenvalue weighted by atomic mass is 10.1. The van der Waals surface area contributed by atoms with Crippen LogP contribution in [-0.4, -0.2) is 24.8 Å². The highest BCUT2D eigenvalue weighted by atomic mass is 79.9. The molecule has 1 aromatic rings. The van der Waals surface area contributed by atoms with E-state index in [1.165, 1.54) is 0 Å². The summed E-state index contributed by atoms with van der Waals surface area (Å²) in [6, 6.07) is 3.50. The third-order valence-electron chi connectivity index (χ3n) is 2.54. The molecule has 0 spiro atoms. The predicted octanol–water partition coefficient (Wildman–Crippen LogP) is 2.12. The Balaban J connectivity index is 2.33. The number of hydrogen-bond donors (Lipinski definition) is 2. The summed E-state index contributed by atoms with van der Waals surface area (Å²) in [5, 5.41) is 12.8. The highest BCUT2D eigenvalue weighted by Crippen LogP contribution is 2.32. The number of morpholine rings is 1. The van der Waals surface area contributed by atoms with Crippen LogP contribution in [-0.2, 0) is 4.74 Å². The summed E-state index contributed by atoms with van der Waals surface area (Å²) in [7, 11) is 0. The van der Waals surface area contributed by atoms with Crippen molar-refractivity contribution in [2.45, 2.75) is 13.0 Å². The quantitative estimate of drug-likeness (QED) is 0.822. The van der Waals surface area contributed by atoms with E-state index < -0.39 is 0 Å². The number of nitrogens with one attached hydrogen (secondary N) is 1. The van der Waals surface area contributed by atoms with Crippen molar-refractivity contribution in [3.05, 3.63) is 27.7 Å². The summed E-state index contributed by atoms with van der Waals surface area (Å²) in [4.78, 5) is 0. The maximum Gasteiger partial charge on any atom is 0.116 e. The molecule has 82 valence electrons. The van der Waals surface area contributed by atoms with Crippen molar-refractivity contribution in [1.82, 2.24) is 5.32 Å².